The third-order valence-electron chi connectivity index (χ3n) is 9.84. The molecule has 3 amide bonds. The van der Waals surface area contributed by atoms with Crippen molar-refractivity contribution < 1.29 is 28.2 Å². The number of rotatable bonds is 7. The first kappa shape index (κ1) is 30.4. The average Bonchev–Trinajstić information content (AvgIpc) is 3.80. The number of ether oxygens (including phenoxy) is 2. The van der Waals surface area contributed by atoms with Crippen LogP contribution in [0.2, 0.25) is 0 Å². The van der Waals surface area contributed by atoms with Crippen LogP contribution in [-0.2, 0) is 14.4 Å². The van der Waals surface area contributed by atoms with E-state index >= 15 is 0 Å². The maximum absolute atomic E-state index is 14.0. The highest BCUT2D eigenvalue weighted by Gasteiger charge is 2.69. The van der Waals surface area contributed by atoms with E-state index < -0.39 is 17.6 Å². The number of carbonyl (C=O) groups is 3. The quantitative estimate of drug-likeness (QED) is 0.222. The van der Waals surface area contributed by atoms with Gasteiger partial charge in [-0.25, -0.2) is 4.39 Å². The molecule has 0 radical (unpaired) electrons. The molecule has 0 spiro atoms. The molecule has 4 aliphatic rings. The predicted molar refractivity (Wildman–Crippen MR) is 179 cm³/mol. The molecule has 2 aliphatic carbocycles. The molecule has 2 N–H and O–H groups in total. The topological polar surface area (TPSA) is 118 Å². The van der Waals surface area contributed by atoms with Crippen molar-refractivity contribution in [2.45, 2.75) is 22.6 Å². The van der Waals surface area contributed by atoms with Crippen molar-refractivity contribution in [1.82, 2.24) is 4.98 Å². The smallest absolute Gasteiger partial charge is 0.305 e. The summed E-state index contributed by atoms with van der Waals surface area (Å²) in [6.07, 6.45) is 0.778. The summed E-state index contributed by atoms with van der Waals surface area (Å²) in [5.41, 5.74) is 1.94. The zero-order valence-corrected chi connectivity index (χ0v) is 28.0. The monoisotopic (exact) mass is 735 g/mol. The molecule has 2 aliphatic heterocycles. The lowest BCUT2D eigenvalue weighted by atomic mass is 9.68. The molecule has 3 fully saturated rings. The maximum atomic E-state index is 14.0. The van der Waals surface area contributed by atoms with Gasteiger partial charge in [-0.05, 0) is 90.4 Å². The summed E-state index contributed by atoms with van der Waals surface area (Å²) < 4.78 is 25.6. The number of halogens is 2. The molecule has 3 aromatic carbocycles. The summed E-state index contributed by atoms with van der Waals surface area (Å²) in [5.74, 6) is -1.33. The number of nitrogens with zero attached hydrogens (tertiary/aromatic N) is 1. The van der Waals surface area contributed by atoms with Crippen LogP contribution in [0.4, 0.5) is 15.8 Å². The number of fused-ring (bicyclic) bond motifs is 9. The summed E-state index contributed by atoms with van der Waals surface area (Å²) in [4.78, 5) is 58.2. The molecule has 4 aromatic rings. The van der Waals surface area contributed by atoms with Crippen LogP contribution in [0.15, 0.2) is 81.0 Å². The number of anilines is 2. The maximum Gasteiger partial charge on any atom is 0.305 e. The van der Waals surface area contributed by atoms with Crippen LogP contribution < -0.4 is 24.6 Å². The van der Waals surface area contributed by atoms with E-state index in [9.17, 15) is 23.6 Å². The molecule has 13 heteroatoms. The summed E-state index contributed by atoms with van der Waals surface area (Å²) >= 11 is 6.24. The molecule has 47 heavy (non-hydrogen) atoms. The van der Waals surface area contributed by atoms with Gasteiger partial charge in [-0.2, -0.15) is 0 Å². The lowest BCUT2D eigenvalue weighted by Gasteiger charge is -2.43. The van der Waals surface area contributed by atoms with Gasteiger partial charge in [0.05, 0.1) is 29.7 Å². The molecule has 9 nitrogen and oxygen atoms in total. The lowest BCUT2D eigenvalue weighted by molar-refractivity contribution is -0.123. The number of benzene rings is 3. The average molecular weight is 737 g/mol. The second kappa shape index (κ2) is 11.6. The molecular formula is C34H27BrFN3O6S2. The van der Waals surface area contributed by atoms with E-state index in [1.54, 1.807) is 30.0 Å². The number of hydrogen-bond donors (Lipinski definition) is 2. The fourth-order valence-corrected chi connectivity index (χ4v) is 11.3. The van der Waals surface area contributed by atoms with E-state index in [0.717, 1.165) is 26.4 Å². The first-order valence-corrected chi connectivity index (χ1v) is 17.6. The van der Waals surface area contributed by atoms with Crippen LogP contribution in [0.1, 0.15) is 22.8 Å². The SMILES string of the molecule is COc1cc([C@H]2c3sc(=O)[nH]c3SC3C4CC(C5C(=O)N(c6ccc(Br)cc6)C(=O)C45)C32)ccc1OCC(=O)Nc1ccc(F)cc1. The van der Waals surface area contributed by atoms with E-state index in [-0.39, 0.29) is 58.1 Å². The van der Waals surface area contributed by atoms with Crippen LogP contribution in [0, 0.1) is 35.4 Å². The third-order valence-corrected chi connectivity index (χ3v) is 13.0. The van der Waals surface area contributed by atoms with Crippen LogP contribution in [0.25, 0.3) is 0 Å². The van der Waals surface area contributed by atoms with Crippen LogP contribution >= 0.6 is 39.0 Å². The minimum absolute atomic E-state index is 0.0000669. The van der Waals surface area contributed by atoms with Gasteiger partial charge in [-0.1, -0.05) is 33.3 Å². The van der Waals surface area contributed by atoms with Gasteiger partial charge in [-0.3, -0.25) is 24.1 Å². The number of imide groups is 1. The molecule has 6 unspecified atom stereocenters. The molecule has 1 aromatic heterocycles. The van der Waals surface area contributed by atoms with Crippen molar-refractivity contribution in [3.63, 3.8) is 0 Å². The van der Waals surface area contributed by atoms with Crippen molar-refractivity contribution in [3.05, 3.63) is 97.1 Å². The highest BCUT2D eigenvalue weighted by atomic mass is 79.9. The van der Waals surface area contributed by atoms with Gasteiger partial charge >= 0.3 is 4.87 Å². The number of hydrogen-bond acceptors (Lipinski definition) is 8. The van der Waals surface area contributed by atoms with Gasteiger partial charge in [0.15, 0.2) is 18.1 Å². The molecule has 7 atom stereocenters. The van der Waals surface area contributed by atoms with Gasteiger partial charge in [0, 0.05) is 26.2 Å². The molecule has 2 bridgehead atoms. The fraction of sp³-hybridized carbons (Fsp3) is 0.294. The minimum atomic E-state index is -0.416. The summed E-state index contributed by atoms with van der Waals surface area (Å²) in [6.45, 7) is -0.292. The van der Waals surface area contributed by atoms with E-state index in [1.165, 1.54) is 47.6 Å². The van der Waals surface area contributed by atoms with Crippen LogP contribution in [0.5, 0.6) is 11.5 Å². The summed E-state index contributed by atoms with van der Waals surface area (Å²) in [5, 5.41) is 3.53. The van der Waals surface area contributed by atoms with Crippen molar-refractivity contribution in [3.8, 4) is 11.5 Å². The number of thioether (sulfide) groups is 1. The van der Waals surface area contributed by atoms with Crippen LogP contribution in [-0.4, -0.2) is 41.7 Å². The zero-order chi connectivity index (χ0) is 32.6. The number of aromatic nitrogens is 1. The normalized spacial score (nSPS) is 27.0. The van der Waals surface area contributed by atoms with E-state index in [2.05, 4.69) is 26.2 Å². The van der Waals surface area contributed by atoms with Gasteiger partial charge in [-0.15, -0.1) is 11.8 Å². The third kappa shape index (κ3) is 5.01. The molecule has 8 rings (SSSR count). The Bertz CT molecular complexity index is 1980. The van der Waals surface area contributed by atoms with Crippen molar-refractivity contribution in [2.75, 3.05) is 23.9 Å². The highest BCUT2D eigenvalue weighted by Crippen LogP contribution is 2.68. The fourth-order valence-electron chi connectivity index (χ4n) is 8.11. The number of nitrogens with one attached hydrogen (secondary N) is 2. The number of H-pyrrole nitrogens is 1. The number of thiazole rings is 1. The van der Waals surface area contributed by atoms with Crippen molar-refractivity contribution in [2.24, 2.45) is 29.6 Å². The van der Waals surface area contributed by atoms with Crippen molar-refractivity contribution >= 4 is 68.1 Å². The highest BCUT2D eigenvalue weighted by molar-refractivity contribution is 9.10. The van der Waals surface area contributed by atoms with E-state index in [1.807, 2.05) is 24.3 Å². The standard InChI is InChI=1S/C34H27BrFN3O6S2/c1-44-23-12-15(2-11-22(23)45-14-24(40)37-18-7-5-17(36)6-8-18)25-26-20-13-21(29(26)46-31-30(25)47-34(43)38-31)28-27(20)32(41)39(33(28)42)19-9-3-16(35)4-10-19/h2-12,20-21,25-29H,13-14H2,1H3,(H,37,40)(H,38,43)/t20?,21?,25-,26?,27?,28?,29?/m1/s1. The second-order valence-corrected chi connectivity index (χ2v) is 15.3. The zero-order valence-electron chi connectivity index (χ0n) is 24.8. The Morgan fingerprint density at radius 3 is 2.45 bits per heavy atom. The second-order valence-electron chi connectivity index (χ2n) is 12.2. The Labute approximate surface area is 285 Å². The van der Waals surface area contributed by atoms with Gasteiger partial charge in [0.25, 0.3) is 5.91 Å². The molecular weight excluding hydrogens is 709 g/mol. The van der Waals surface area contributed by atoms with E-state index in [0.29, 0.717) is 22.9 Å². The first-order valence-electron chi connectivity index (χ1n) is 15.1. The summed E-state index contributed by atoms with van der Waals surface area (Å²) in [6, 6.07) is 18.2. The number of methoxy groups -OCH3 is 1. The Morgan fingerprint density at radius 1 is 1.00 bits per heavy atom. The van der Waals surface area contributed by atoms with Gasteiger partial charge in [0.2, 0.25) is 11.8 Å². The molecule has 1 saturated heterocycles. The first-order chi connectivity index (χ1) is 22.7. The van der Waals surface area contributed by atoms with Crippen LogP contribution in [0.3, 0.4) is 0 Å². The number of aromatic amines is 1. The molecule has 240 valence electrons. The Morgan fingerprint density at radius 2 is 1.72 bits per heavy atom. The molecule has 3 heterocycles. The number of amides is 3. The van der Waals surface area contributed by atoms with Crippen molar-refractivity contribution in [1.29, 1.82) is 0 Å². The largest absolute Gasteiger partial charge is 0.493 e. The lowest BCUT2D eigenvalue weighted by Crippen LogP contribution is -2.42. The Kier molecular flexibility index (Phi) is 7.53. The number of carbonyl (C=O) groups excluding carboxylic acids is 3. The Balaban J connectivity index is 1.09. The van der Waals surface area contributed by atoms with Gasteiger partial charge < -0.3 is 19.8 Å². The summed E-state index contributed by atoms with van der Waals surface area (Å²) in [7, 11) is 1.52. The Hall–Kier alpha value is -3.94. The predicted octanol–water partition coefficient (Wildman–Crippen LogP) is 6.04. The molecule has 2 saturated carbocycles. The van der Waals surface area contributed by atoms with Gasteiger partial charge in [0.1, 0.15) is 5.82 Å². The van der Waals surface area contributed by atoms with E-state index in [4.69, 9.17) is 9.47 Å². The minimum Gasteiger partial charge on any atom is -0.493 e.